The van der Waals surface area contributed by atoms with Crippen LogP contribution in [0.15, 0.2) is 12.3 Å². The molecule has 0 radical (unpaired) electrons. The number of rotatable bonds is 3. The number of cyclic esters (lactones) is 1. The maximum Gasteiger partial charge on any atom is 0.407 e. The number of nitrogens with zero attached hydrogens (tertiary/aromatic N) is 2. The Morgan fingerprint density at radius 2 is 2.60 bits per heavy atom. The molecule has 0 bridgehead atoms. The van der Waals surface area contributed by atoms with E-state index < -0.39 is 12.1 Å². The van der Waals surface area contributed by atoms with Gasteiger partial charge in [0, 0.05) is 6.20 Å². The first-order chi connectivity index (χ1) is 7.15. The monoisotopic (exact) mass is 211 g/mol. The molecule has 7 heteroatoms. The summed E-state index contributed by atoms with van der Waals surface area (Å²) in [5, 5.41) is 14.9. The molecule has 80 valence electrons. The summed E-state index contributed by atoms with van der Waals surface area (Å²) in [6.07, 6.45) is 0.792. The van der Waals surface area contributed by atoms with Gasteiger partial charge in [-0.05, 0) is 6.07 Å². The van der Waals surface area contributed by atoms with Crippen molar-refractivity contribution in [2.45, 2.75) is 12.6 Å². The lowest BCUT2D eigenvalue weighted by Gasteiger charge is -2.06. The fraction of sp³-hybridized carbons (Fsp3) is 0.375. The second kappa shape index (κ2) is 3.60. The van der Waals surface area contributed by atoms with Gasteiger partial charge in [-0.2, -0.15) is 5.10 Å². The summed E-state index contributed by atoms with van der Waals surface area (Å²) in [6.45, 7) is 0.771. The highest BCUT2D eigenvalue weighted by molar-refractivity contribution is 5.85. The molecule has 0 spiro atoms. The van der Waals surface area contributed by atoms with Crippen LogP contribution in [-0.4, -0.2) is 39.6 Å². The number of nitrogens with one attached hydrogen (secondary N) is 1. The Morgan fingerprint density at radius 3 is 3.13 bits per heavy atom. The molecular weight excluding hydrogens is 202 g/mol. The van der Waals surface area contributed by atoms with Crippen LogP contribution in [0.1, 0.15) is 10.5 Å². The molecule has 2 heterocycles. The first-order valence-electron chi connectivity index (χ1n) is 4.36. The average molecular weight is 211 g/mol. The van der Waals surface area contributed by atoms with Gasteiger partial charge in [-0.25, -0.2) is 9.59 Å². The van der Waals surface area contributed by atoms with Crippen molar-refractivity contribution in [1.82, 2.24) is 15.1 Å². The molecule has 0 aromatic carbocycles. The molecule has 1 saturated heterocycles. The second-order valence-electron chi connectivity index (χ2n) is 3.14. The van der Waals surface area contributed by atoms with E-state index in [1.807, 2.05) is 0 Å². The van der Waals surface area contributed by atoms with Crippen molar-refractivity contribution in [1.29, 1.82) is 0 Å². The van der Waals surface area contributed by atoms with Crippen LogP contribution >= 0.6 is 0 Å². The van der Waals surface area contributed by atoms with E-state index in [0.29, 0.717) is 13.1 Å². The van der Waals surface area contributed by atoms with E-state index in [1.54, 1.807) is 0 Å². The van der Waals surface area contributed by atoms with Gasteiger partial charge in [-0.15, -0.1) is 0 Å². The van der Waals surface area contributed by atoms with Gasteiger partial charge in [0.25, 0.3) is 0 Å². The van der Waals surface area contributed by atoms with Crippen LogP contribution in [0.2, 0.25) is 0 Å². The number of aromatic nitrogens is 2. The lowest BCUT2D eigenvalue weighted by molar-refractivity contribution is 0.0687. The van der Waals surface area contributed by atoms with Crippen LogP contribution < -0.4 is 5.32 Å². The molecule has 1 atom stereocenters. The molecule has 1 fully saturated rings. The second-order valence-corrected chi connectivity index (χ2v) is 3.14. The normalized spacial score (nSPS) is 19.7. The van der Waals surface area contributed by atoms with Crippen LogP contribution in [0.5, 0.6) is 0 Å². The summed E-state index contributed by atoms with van der Waals surface area (Å²) >= 11 is 0. The number of ether oxygens (including phenoxy) is 1. The van der Waals surface area contributed by atoms with E-state index in [9.17, 15) is 9.59 Å². The molecular formula is C8H9N3O4. The average Bonchev–Trinajstić information content (AvgIpc) is 2.76. The van der Waals surface area contributed by atoms with E-state index in [1.165, 1.54) is 16.9 Å². The molecule has 1 unspecified atom stereocenters. The van der Waals surface area contributed by atoms with Gasteiger partial charge in [0.1, 0.15) is 6.10 Å². The van der Waals surface area contributed by atoms with Crippen LogP contribution in [0, 0.1) is 0 Å². The Bertz CT molecular complexity index is 400. The van der Waals surface area contributed by atoms with Crippen molar-refractivity contribution in [3.63, 3.8) is 0 Å². The van der Waals surface area contributed by atoms with Crippen molar-refractivity contribution < 1.29 is 19.4 Å². The standard InChI is InChI=1S/C8H9N3O4/c12-7(13)6-1-2-11(10-6)4-5-3-9-8(14)15-5/h1-2,5H,3-4H2,(H,9,14)(H,12,13). The fourth-order valence-electron chi connectivity index (χ4n) is 1.32. The number of aromatic carboxylic acids is 1. The smallest absolute Gasteiger partial charge is 0.407 e. The van der Waals surface area contributed by atoms with Crippen molar-refractivity contribution in [3.8, 4) is 0 Å². The lowest BCUT2D eigenvalue weighted by Crippen LogP contribution is -2.21. The van der Waals surface area contributed by atoms with E-state index in [-0.39, 0.29) is 11.8 Å². The van der Waals surface area contributed by atoms with E-state index in [4.69, 9.17) is 9.84 Å². The summed E-state index contributed by atoms with van der Waals surface area (Å²) in [5.74, 6) is -1.07. The highest BCUT2D eigenvalue weighted by Gasteiger charge is 2.23. The number of hydrogen-bond acceptors (Lipinski definition) is 4. The third kappa shape index (κ3) is 2.06. The third-order valence-electron chi connectivity index (χ3n) is 2.00. The molecule has 7 nitrogen and oxygen atoms in total. The van der Waals surface area contributed by atoms with Gasteiger partial charge in [0.15, 0.2) is 5.69 Å². The van der Waals surface area contributed by atoms with E-state index in [0.717, 1.165) is 0 Å². The molecule has 2 N–H and O–H groups in total. The van der Waals surface area contributed by atoms with Gasteiger partial charge < -0.3 is 15.2 Å². The van der Waals surface area contributed by atoms with Gasteiger partial charge in [-0.3, -0.25) is 4.68 Å². The van der Waals surface area contributed by atoms with Crippen molar-refractivity contribution in [2.24, 2.45) is 0 Å². The maximum absolute atomic E-state index is 10.7. The fourth-order valence-corrected chi connectivity index (χ4v) is 1.32. The quantitative estimate of drug-likeness (QED) is 0.715. The summed E-state index contributed by atoms with van der Waals surface area (Å²) in [5.41, 5.74) is -0.0210. The third-order valence-corrected chi connectivity index (χ3v) is 2.00. The summed E-state index contributed by atoms with van der Waals surface area (Å²) in [4.78, 5) is 21.2. The topological polar surface area (TPSA) is 93.5 Å². The van der Waals surface area contributed by atoms with E-state index >= 15 is 0 Å². The number of carboxylic acids is 1. The Hall–Kier alpha value is -2.05. The van der Waals surface area contributed by atoms with Crippen LogP contribution in [-0.2, 0) is 11.3 Å². The van der Waals surface area contributed by atoms with E-state index in [2.05, 4.69) is 10.4 Å². The molecule has 0 aliphatic carbocycles. The van der Waals surface area contributed by atoms with Gasteiger partial charge >= 0.3 is 12.1 Å². The van der Waals surface area contributed by atoms with Gasteiger partial charge in [0.05, 0.1) is 13.1 Å². The number of carboxylic acid groups (broad SMARTS) is 1. The number of carbonyl (C=O) groups is 2. The van der Waals surface area contributed by atoms with Crippen LogP contribution in [0.4, 0.5) is 4.79 Å². The summed E-state index contributed by atoms with van der Waals surface area (Å²) < 4.78 is 6.32. The molecule has 15 heavy (non-hydrogen) atoms. The molecule has 1 aromatic heterocycles. The highest BCUT2D eigenvalue weighted by atomic mass is 16.6. The molecule has 1 aliphatic heterocycles. The van der Waals surface area contributed by atoms with Crippen molar-refractivity contribution in [2.75, 3.05) is 6.54 Å². The Kier molecular flexibility index (Phi) is 2.28. The van der Waals surface area contributed by atoms with Gasteiger partial charge in [0.2, 0.25) is 0 Å². The predicted molar refractivity (Wildman–Crippen MR) is 47.5 cm³/mol. The molecule has 1 aromatic rings. The minimum Gasteiger partial charge on any atom is -0.476 e. The molecule has 1 aliphatic rings. The predicted octanol–water partition coefficient (Wildman–Crippen LogP) is -0.310. The largest absolute Gasteiger partial charge is 0.476 e. The Balaban J connectivity index is 1.99. The van der Waals surface area contributed by atoms with Crippen molar-refractivity contribution in [3.05, 3.63) is 18.0 Å². The summed E-state index contributed by atoms with van der Waals surface area (Å²) in [6, 6.07) is 1.40. The zero-order chi connectivity index (χ0) is 10.8. The summed E-state index contributed by atoms with van der Waals surface area (Å²) in [7, 11) is 0. The minimum absolute atomic E-state index is 0.0210. The number of carbonyl (C=O) groups excluding carboxylic acids is 1. The highest BCUT2D eigenvalue weighted by Crippen LogP contribution is 2.04. The number of hydrogen-bond donors (Lipinski definition) is 2. The van der Waals surface area contributed by atoms with Crippen LogP contribution in [0.25, 0.3) is 0 Å². The minimum atomic E-state index is -1.07. The number of alkyl carbamates (subject to hydrolysis) is 1. The van der Waals surface area contributed by atoms with Crippen molar-refractivity contribution >= 4 is 12.1 Å². The number of amides is 1. The first-order valence-corrected chi connectivity index (χ1v) is 4.36. The Labute approximate surface area is 84.6 Å². The maximum atomic E-state index is 10.7. The van der Waals surface area contributed by atoms with Gasteiger partial charge in [-0.1, -0.05) is 0 Å². The molecule has 1 amide bonds. The molecule has 2 rings (SSSR count). The molecule has 0 saturated carbocycles. The first kappa shape index (κ1) is 9.50. The Morgan fingerprint density at radius 1 is 1.80 bits per heavy atom. The lowest BCUT2D eigenvalue weighted by atomic mass is 10.4. The van der Waals surface area contributed by atoms with Crippen LogP contribution in [0.3, 0.4) is 0 Å². The zero-order valence-electron chi connectivity index (χ0n) is 7.71. The SMILES string of the molecule is O=C1NCC(Cn2ccc(C(=O)O)n2)O1. The zero-order valence-corrected chi connectivity index (χ0v) is 7.71.